The summed E-state index contributed by atoms with van der Waals surface area (Å²) in [5.74, 6) is -3.36. The zero-order valence-electron chi connectivity index (χ0n) is 47.0. The number of halogens is 3. The Bertz CT molecular complexity index is 2990. The summed E-state index contributed by atoms with van der Waals surface area (Å²) in [6.07, 6.45) is -5.74. The van der Waals surface area contributed by atoms with Gasteiger partial charge < -0.3 is 52.6 Å². The van der Waals surface area contributed by atoms with Crippen LogP contribution in [0.4, 0.5) is 8.78 Å². The number of methoxy groups -OCH3 is 1. The fourth-order valence-electron chi connectivity index (χ4n) is 7.99. The van der Waals surface area contributed by atoms with Gasteiger partial charge in [-0.1, -0.05) is 36.4 Å². The topological polar surface area (TPSA) is 328 Å². The van der Waals surface area contributed by atoms with E-state index in [9.17, 15) is 57.3 Å². The number of aliphatic hydroxyl groups excluding tert-OH is 3. The van der Waals surface area contributed by atoms with Gasteiger partial charge in [-0.05, 0) is 126 Å². The number of ether oxygens (including phenoxy) is 5. The molecule has 2 saturated heterocycles. The number of nitrogens with one attached hydrogen (secondary N) is 2. The first-order valence-corrected chi connectivity index (χ1v) is 29.8. The lowest BCUT2D eigenvalue weighted by Crippen LogP contribution is -2.51. The summed E-state index contributed by atoms with van der Waals surface area (Å²) in [5.41, 5.74) is -4.38. The molecule has 30 heteroatoms. The molecule has 0 spiro atoms. The minimum atomic E-state index is -4.29. The highest BCUT2D eigenvalue weighted by Crippen LogP contribution is 2.49. The monoisotopic (exact) mass is 1290 g/mol. The van der Waals surface area contributed by atoms with E-state index in [1.807, 2.05) is 0 Å². The standard InChI is InChI=1S/C23H30FN2O9P.C20H23BrNO7P.C11H14FNO5/c1-14(2)33-21(30)15(3)25-36(31,35-17-8-6-5-7-9-17)32-13-18-20(29)23(4,24)22(34-18)26-11-10-16(27)12-19(26)28;1-13(2)27-19(23)14(3)22-30(25,28-16-8-6-5-7-9-16)29-18-11-10-15(12-17(18)21)20(24)26-4;1-11(12)9(17)7(5-14)18-10(11)13-3-2-6(15)4-8(13)16/h5-11,14-15,18,20,22,29H,12-13H2,1-4H3,(H,25,31);5-14H,1-4H3,(H,22,25);2-3,7,9-10,14,17H,4-5H2,1H3/t15-,18+,20+,22+,23+,36?;14-,30?;7-,9-,10-,11-/m001/s1. The van der Waals surface area contributed by atoms with E-state index in [1.54, 1.807) is 76.2 Å². The Morgan fingerprint density at radius 3 is 1.52 bits per heavy atom. The first-order valence-electron chi connectivity index (χ1n) is 25.9. The maximum Gasteiger partial charge on any atom is 0.513 e. The molecule has 0 aliphatic carbocycles. The van der Waals surface area contributed by atoms with Crippen molar-refractivity contribution in [1.29, 1.82) is 0 Å². The van der Waals surface area contributed by atoms with Crippen molar-refractivity contribution in [2.24, 2.45) is 0 Å². The number of allylic oxidation sites excluding steroid dienone is 2. The quantitative estimate of drug-likeness (QED) is 0.0349. The Morgan fingerprint density at radius 2 is 1.12 bits per heavy atom. The van der Waals surface area contributed by atoms with Crippen molar-refractivity contribution >= 4 is 72.7 Å². The van der Waals surface area contributed by atoms with Crippen molar-refractivity contribution in [3.63, 3.8) is 0 Å². The molecule has 5 N–H and O–H groups in total. The number of alkyl halides is 2. The van der Waals surface area contributed by atoms with E-state index >= 15 is 4.39 Å². The van der Waals surface area contributed by atoms with Gasteiger partial charge in [0.2, 0.25) is 11.8 Å². The Labute approximate surface area is 491 Å². The number of ketones is 2. The Morgan fingerprint density at radius 1 is 0.690 bits per heavy atom. The van der Waals surface area contributed by atoms with Gasteiger partial charge in [0.1, 0.15) is 53.7 Å². The van der Waals surface area contributed by atoms with E-state index < -0.39 is 137 Å². The zero-order valence-corrected chi connectivity index (χ0v) is 50.4. The van der Waals surface area contributed by atoms with Crippen molar-refractivity contribution in [3.8, 4) is 17.2 Å². The summed E-state index contributed by atoms with van der Waals surface area (Å²) in [4.78, 5) is 84.3. The number of carbonyl (C=O) groups is 7. The van der Waals surface area contributed by atoms with E-state index in [0.717, 1.165) is 48.2 Å². The largest absolute Gasteiger partial charge is 0.513 e. The second-order valence-corrected chi connectivity index (χ2v) is 24.1. The van der Waals surface area contributed by atoms with Gasteiger partial charge in [-0.15, -0.1) is 0 Å². The molecule has 7 rings (SSSR count). The second kappa shape index (κ2) is 29.7. The summed E-state index contributed by atoms with van der Waals surface area (Å²) in [7, 11) is -7.11. The van der Waals surface area contributed by atoms with Crippen LogP contribution >= 0.6 is 31.4 Å². The molecule has 3 aromatic rings. The molecule has 4 aliphatic heterocycles. The molecule has 2 amide bonds. The van der Waals surface area contributed by atoms with Crippen LogP contribution in [-0.2, 0) is 66.1 Å². The number of para-hydroxylation sites is 2. The van der Waals surface area contributed by atoms with E-state index in [0.29, 0.717) is 4.47 Å². The third-order valence-corrected chi connectivity index (χ3v) is 16.1. The lowest BCUT2D eigenvalue weighted by atomic mass is 9.97. The smallest absolute Gasteiger partial charge is 0.465 e. The third-order valence-electron chi connectivity index (χ3n) is 12.2. The Kier molecular flexibility index (Phi) is 24.2. The average Bonchev–Trinajstić information content (AvgIpc) is 3.10. The number of esters is 3. The summed E-state index contributed by atoms with van der Waals surface area (Å²) in [5, 5.41) is 34.3. The van der Waals surface area contributed by atoms with Crippen LogP contribution in [0.25, 0.3) is 0 Å². The van der Waals surface area contributed by atoms with Crippen molar-refractivity contribution < 1.29 is 109 Å². The first-order chi connectivity index (χ1) is 39.3. The number of nitrogens with zero attached hydrogens (tertiary/aromatic N) is 2. The highest BCUT2D eigenvalue weighted by molar-refractivity contribution is 9.10. The SMILES string of the molecule is CC(C)OC(=O)[C@H](C)NP(=O)(OC[C@H]1O[C@@H](N2C=CC(=O)CC2=O)[C@](C)(F)[C@@H]1O)Oc1ccccc1.COC(=O)c1ccc(OP(=O)(N[C@@H](C)C(=O)OC(C)C)Oc2ccccc2)c(Br)c1.C[C@@]1(F)[C@H](O)[C@@H](CO)O[C@H]1N1C=CC(=O)CC1=O. The fourth-order valence-corrected chi connectivity index (χ4v) is 11.6. The van der Waals surface area contributed by atoms with Gasteiger partial charge >= 0.3 is 33.4 Å². The lowest BCUT2D eigenvalue weighted by molar-refractivity contribution is -0.152. The first kappa shape index (κ1) is 68.5. The van der Waals surface area contributed by atoms with Crippen molar-refractivity contribution in [3.05, 3.63) is 113 Å². The summed E-state index contributed by atoms with van der Waals surface area (Å²) < 4.78 is 105. The predicted octanol–water partition coefficient (Wildman–Crippen LogP) is 6.09. The predicted molar refractivity (Wildman–Crippen MR) is 296 cm³/mol. The van der Waals surface area contributed by atoms with E-state index in [2.05, 4.69) is 30.8 Å². The molecule has 12 atom stereocenters. The van der Waals surface area contributed by atoms with Crippen LogP contribution in [0.1, 0.15) is 78.6 Å². The van der Waals surface area contributed by atoms with Crippen LogP contribution in [0.15, 0.2) is 108 Å². The van der Waals surface area contributed by atoms with Crippen LogP contribution in [0.3, 0.4) is 0 Å². The van der Waals surface area contributed by atoms with Gasteiger partial charge in [0.15, 0.2) is 35.4 Å². The molecular weight excluding hydrogens is 1220 g/mol. The normalized spacial score (nSPS) is 26.0. The Balaban J connectivity index is 0.000000243. The number of rotatable bonds is 21. The molecule has 2 fully saturated rings. The molecular formula is C54H67BrF2N4O21P2. The zero-order chi connectivity index (χ0) is 62.5. The van der Waals surface area contributed by atoms with E-state index in [1.165, 1.54) is 51.3 Å². The van der Waals surface area contributed by atoms with Crippen LogP contribution in [0, 0.1) is 0 Å². The van der Waals surface area contributed by atoms with Crippen LogP contribution in [0.2, 0.25) is 0 Å². The van der Waals surface area contributed by atoms with Gasteiger partial charge in [0, 0.05) is 12.4 Å². The number of amides is 2. The second-order valence-electron chi connectivity index (χ2n) is 19.9. The minimum Gasteiger partial charge on any atom is -0.465 e. The number of benzene rings is 3. The molecule has 0 saturated carbocycles. The highest BCUT2D eigenvalue weighted by Gasteiger charge is 2.59. The summed E-state index contributed by atoms with van der Waals surface area (Å²) in [6.45, 7) is 10.6. The van der Waals surface area contributed by atoms with E-state index in [-0.39, 0.29) is 41.1 Å². The number of carbonyl (C=O) groups excluding carboxylic acids is 7. The highest BCUT2D eigenvalue weighted by atomic mass is 79.9. The summed E-state index contributed by atoms with van der Waals surface area (Å²) in [6, 6.07) is 18.7. The molecule has 4 aliphatic rings. The Hall–Kier alpha value is -6.29. The van der Waals surface area contributed by atoms with Crippen LogP contribution in [-0.4, -0.2) is 159 Å². The molecule has 0 aromatic heterocycles. The number of hydrogen-bond donors (Lipinski definition) is 5. The maximum atomic E-state index is 15.5. The lowest BCUT2D eigenvalue weighted by Gasteiger charge is -2.32. The molecule has 25 nitrogen and oxygen atoms in total. The third kappa shape index (κ3) is 18.4. The molecule has 460 valence electrons. The molecule has 0 radical (unpaired) electrons. The molecule has 2 unspecified atom stereocenters. The van der Waals surface area contributed by atoms with Crippen LogP contribution < -0.4 is 23.7 Å². The number of hydrogen-bond acceptors (Lipinski definition) is 21. The number of aliphatic hydroxyl groups is 3. The maximum absolute atomic E-state index is 15.5. The average molecular weight is 1290 g/mol. The fraction of sp³-hybridized carbons (Fsp3) is 0.463. The molecule has 4 heterocycles. The van der Waals surface area contributed by atoms with E-state index in [4.69, 9.17) is 42.1 Å². The van der Waals surface area contributed by atoms with Gasteiger partial charge in [-0.3, -0.25) is 43.1 Å². The molecule has 3 aromatic carbocycles. The van der Waals surface area contributed by atoms with Gasteiger partial charge in [0.05, 0.1) is 55.4 Å². The molecule has 0 bridgehead atoms. The van der Waals surface area contributed by atoms with Crippen molar-refractivity contribution in [2.75, 3.05) is 20.3 Å². The molecule has 84 heavy (non-hydrogen) atoms. The van der Waals surface area contributed by atoms with Crippen LogP contribution in [0.5, 0.6) is 17.2 Å². The van der Waals surface area contributed by atoms with Gasteiger partial charge in [-0.2, -0.15) is 10.2 Å². The van der Waals surface area contributed by atoms with Gasteiger partial charge in [-0.25, -0.2) is 22.7 Å². The van der Waals surface area contributed by atoms with Crippen molar-refractivity contribution in [2.45, 2.75) is 141 Å². The minimum absolute atomic E-state index is 0.138. The van der Waals surface area contributed by atoms with Gasteiger partial charge in [0.25, 0.3) is 0 Å². The summed E-state index contributed by atoms with van der Waals surface area (Å²) >= 11 is 3.28. The van der Waals surface area contributed by atoms with Crippen molar-refractivity contribution in [1.82, 2.24) is 20.0 Å².